The van der Waals surface area contributed by atoms with E-state index in [-0.39, 0.29) is 0 Å². The number of nitrogens with one attached hydrogen (secondary N) is 1. The smallest absolute Gasteiger partial charge is 0.213 e. The van der Waals surface area contributed by atoms with Gasteiger partial charge in [-0.3, -0.25) is 4.98 Å². The van der Waals surface area contributed by atoms with Crippen molar-refractivity contribution in [2.45, 2.75) is 51.1 Å². The Morgan fingerprint density at radius 2 is 1.89 bits per heavy atom. The van der Waals surface area contributed by atoms with Gasteiger partial charge in [0.1, 0.15) is 5.52 Å². The van der Waals surface area contributed by atoms with Crippen molar-refractivity contribution in [3.63, 3.8) is 0 Å². The zero-order valence-corrected chi connectivity index (χ0v) is 20.3. The molecule has 4 heterocycles. The first-order chi connectivity index (χ1) is 17.3. The summed E-state index contributed by atoms with van der Waals surface area (Å²) in [6.07, 6.45) is 11.0. The molecule has 180 valence electrons. The lowest BCUT2D eigenvalue weighted by Gasteiger charge is -2.29. The Bertz CT molecular complexity index is 1310. The van der Waals surface area contributed by atoms with Gasteiger partial charge in [0.2, 0.25) is 5.88 Å². The van der Waals surface area contributed by atoms with Crippen LogP contribution in [0, 0.1) is 0 Å². The summed E-state index contributed by atoms with van der Waals surface area (Å²) in [6.45, 7) is 3.27. The predicted octanol–water partition coefficient (Wildman–Crippen LogP) is 4.46. The molecular formula is C28H32N6O. The van der Waals surface area contributed by atoms with Crippen LogP contribution in [0.4, 0.5) is 5.69 Å². The van der Waals surface area contributed by atoms with E-state index in [0.29, 0.717) is 11.9 Å². The van der Waals surface area contributed by atoms with Crippen LogP contribution in [0.2, 0.25) is 0 Å². The van der Waals surface area contributed by atoms with Gasteiger partial charge in [0.25, 0.3) is 0 Å². The van der Waals surface area contributed by atoms with Crippen LogP contribution < -0.4 is 15.0 Å². The fourth-order valence-corrected chi connectivity index (χ4v) is 5.33. The second-order valence-electron chi connectivity index (χ2n) is 9.63. The van der Waals surface area contributed by atoms with E-state index in [2.05, 4.69) is 50.6 Å². The van der Waals surface area contributed by atoms with Crippen LogP contribution in [-0.2, 0) is 19.4 Å². The quantitative estimate of drug-likeness (QED) is 0.451. The summed E-state index contributed by atoms with van der Waals surface area (Å²) in [4.78, 5) is 11.6. The molecule has 1 aromatic carbocycles. The number of anilines is 1. The Kier molecular flexibility index (Phi) is 6.08. The van der Waals surface area contributed by atoms with E-state index in [1.54, 1.807) is 7.11 Å². The number of aromatic nitrogens is 4. The van der Waals surface area contributed by atoms with Gasteiger partial charge in [0, 0.05) is 49.8 Å². The molecular weight excluding hydrogens is 436 g/mol. The molecule has 0 bridgehead atoms. The maximum Gasteiger partial charge on any atom is 0.213 e. The molecule has 2 aliphatic rings. The minimum absolute atomic E-state index is 0.453. The number of nitrogens with zero attached hydrogens (tertiary/aromatic N) is 5. The average molecular weight is 469 g/mol. The number of rotatable bonds is 6. The number of methoxy groups -OCH3 is 1. The van der Waals surface area contributed by atoms with Crippen molar-refractivity contribution in [2.24, 2.45) is 0 Å². The number of hydrogen-bond donors (Lipinski definition) is 1. The molecule has 7 heteroatoms. The Labute approximate surface area is 206 Å². The Morgan fingerprint density at radius 3 is 2.71 bits per heavy atom. The molecule has 35 heavy (non-hydrogen) atoms. The fraction of sp³-hybridized carbons (Fsp3) is 0.393. The van der Waals surface area contributed by atoms with Crippen LogP contribution in [0.25, 0.3) is 16.7 Å². The molecule has 7 nitrogen and oxygen atoms in total. The number of hydrogen-bond acceptors (Lipinski definition) is 6. The highest BCUT2D eigenvalue weighted by Crippen LogP contribution is 2.26. The Balaban J connectivity index is 1.13. The minimum atomic E-state index is 0.453. The van der Waals surface area contributed by atoms with Crippen LogP contribution in [0.5, 0.6) is 5.88 Å². The first kappa shape index (κ1) is 22.0. The molecule has 1 aliphatic carbocycles. The Hall–Kier alpha value is -3.45. The highest BCUT2D eigenvalue weighted by molar-refractivity contribution is 5.83. The van der Waals surface area contributed by atoms with Crippen molar-refractivity contribution in [3.05, 3.63) is 71.7 Å². The van der Waals surface area contributed by atoms with E-state index in [0.717, 1.165) is 42.5 Å². The number of pyridine rings is 2. The zero-order chi connectivity index (χ0) is 23.6. The molecule has 1 atom stereocenters. The number of aryl methyl sites for hydroxylation is 1. The van der Waals surface area contributed by atoms with E-state index in [9.17, 15) is 0 Å². The summed E-state index contributed by atoms with van der Waals surface area (Å²) in [7, 11) is 1.63. The van der Waals surface area contributed by atoms with Crippen molar-refractivity contribution in [1.29, 1.82) is 0 Å². The lowest BCUT2D eigenvalue weighted by Crippen LogP contribution is -2.33. The molecule has 1 saturated heterocycles. The monoisotopic (exact) mass is 468 g/mol. The highest BCUT2D eigenvalue weighted by Gasteiger charge is 2.22. The van der Waals surface area contributed by atoms with Gasteiger partial charge in [-0.25, -0.2) is 9.67 Å². The molecule has 0 saturated carbocycles. The molecule has 0 spiro atoms. The van der Waals surface area contributed by atoms with Gasteiger partial charge in [-0.15, -0.1) is 0 Å². The van der Waals surface area contributed by atoms with Gasteiger partial charge < -0.3 is 15.0 Å². The first-order valence-corrected chi connectivity index (χ1v) is 12.7. The third-order valence-electron chi connectivity index (χ3n) is 7.32. The van der Waals surface area contributed by atoms with Gasteiger partial charge in [-0.05, 0) is 73.9 Å². The maximum atomic E-state index is 5.33. The zero-order valence-electron chi connectivity index (χ0n) is 20.3. The van der Waals surface area contributed by atoms with Crippen LogP contribution in [0.15, 0.2) is 54.9 Å². The lowest BCUT2D eigenvalue weighted by molar-refractivity contribution is 0.399. The van der Waals surface area contributed by atoms with Crippen molar-refractivity contribution >= 4 is 16.7 Å². The molecule has 1 N–H and O–H groups in total. The molecule has 1 aliphatic heterocycles. The van der Waals surface area contributed by atoms with Gasteiger partial charge in [-0.1, -0.05) is 12.1 Å². The van der Waals surface area contributed by atoms with Crippen LogP contribution in [0.3, 0.4) is 0 Å². The summed E-state index contributed by atoms with van der Waals surface area (Å²) in [5.41, 5.74) is 7.76. The number of ether oxygens (including phenoxy) is 1. The van der Waals surface area contributed by atoms with E-state index in [4.69, 9.17) is 9.84 Å². The van der Waals surface area contributed by atoms with Gasteiger partial charge in [0.15, 0.2) is 0 Å². The molecule has 0 radical (unpaired) electrons. The van der Waals surface area contributed by atoms with E-state index in [1.807, 2.05) is 29.1 Å². The van der Waals surface area contributed by atoms with Gasteiger partial charge >= 0.3 is 0 Å². The minimum Gasteiger partial charge on any atom is -0.481 e. The summed E-state index contributed by atoms with van der Waals surface area (Å²) >= 11 is 0. The maximum absolute atomic E-state index is 5.33. The van der Waals surface area contributed by atoms with E-state index < -0.39 is 0 Å². The fourth-order valence-electron chi connectivity index (χ4n) is 5.33. The summed E-state index contributed by atoms with van der Waals surface area (Å²) in [5.74, 6) is 0.580. The molecule has 0 amide bonds. The number of benzene rings is 1. The van der Waals surface area contributed by atoms with Crippen LogP contribution >= 0.6 is 0 Å². The molecule has 1 unspecified atom stereocenters. The van der Waals surface area contributed by atoms with Crippen molar-refractivity contribution in [3.8, 4) is 11.6 Å². The normalized spacial score (nSPS) is 18.0. The second kappa shape index (κ2) is 9.66. The SMILES string of the molecule is COc1ccc2nccc(-n3cc4c(n3)CCC(NCc3ccc(N5CCCCC5)cc3)C4)c2n1. The standard InChI is InChI=1S/C28H32N6O/c1-35-27-12-11-25-28(31-27)26(13-14-29-25)34-19-21-17-22(7-10-24(21)32-34)30-18-20-5-8-23(9-6-20)33-15-3-2-4-16-33/h5-6,8-9,11-14,19,22,30H,2-4,7,10,15-18H2,1H3. The second-order valence-corrected chi connectivity index (χ2v) is 9.63. The summed E-state index contributed by atoms with van der Waals surface area (Å²) < 4.78 is 7.29. The van der Waals surface area contributed by atoms with Gasteiger partial charge in [0.05, 0.1) is 24.0 Å². The number of piperidine rings is 1. The van der Waals surface area contributed by atoms with Crippen molar-refractivity contribution in [1.82, 2.24) is 25.1 Å². The summed E-state index contributed by atoms with van der Waals surface area (Å²) in [6, 6.07) is 15.3. The highest BCUT2D eigenvalue weighted by atomic mass is 16.5. The molecule has 4 aromatic rings. The van der Waals surface area contributed by atoms with Gasteiger partial charge in [-0.2, -0.15) is 5.10 Å². The van der Waals surface area contributed by atoms with Crippen molar-refractivity contribution < 1.29 is 4.74 Å². The molecule has 3 aromatic heterocycles. The average Bonchev–Trinajstić information content (AvgIpc) is 3.35. The topological polar surface area (TPSA) is 68.1 Å². The summed E-state index contributed by atoms with van der Waals surface area (Å²) in [5, 5.41) is 8.69. The third-order valence-corrected chi connectivity index (χ3v) is 7.32. The van der Waals surface area contributed by atoms with E-state index >= 15 is 0 Å². The lowest BCUT2D eigenvalue weighted by atomic mass is 9.93. The molecule has 1 fully saturated rings. The Morgan fingerprint density at radius 1 is 1.03 bits per heavy atom. The molecule has 6 rings (SSSR count). The first-order valence-electron chi connectivity index (χ1n) is 12.7. The van der Waals surface area contributed by atoms with E-state index in [1.165, 1.54) is 54.9 Å². The largest absolute Gasteiger partial charge is 0.481 e. The third kappa shape index (κ3) is 4.60. The van der Waals surface area contributed by atoms with Crippen LogP contribution in [-0.4, -0.2) is 46.0 Å². The predicted molar refractivity (Wildman–Crippen MR) is 138 cm³/mol. The number of fused-ring (bicyclic) bond motifs is 2. The van der Waals surface area contributed by atoms with Crippen molar-refractivity contribution in [2.75, 3.05) is 25.1 Å². The van der Waals surface area contributed by atoms with Crippen LogP contribution in [0.1, 0.15) is 42.5 Å².